The number of carbonyl (C=O) groups excluding carboxylic acids is 1. The number of hydrogen-bond acceptors (Lipinski definition) is 6. The van der Waals surface area contributed by atoms with Crippen LogP contribution < -0.4 is 4.74 Å². The van der Waals surface area contributed by atoms with Gasteiger partial charge in [0.2, 0.25) is 0 Å². The fraction of sp³-hybridized carbons (Fsp3) is 0.273. The number of amides is 1. The quantitative estimate of drug-likeness (QED) is 0.463. The fourth-order valence-corrected chi connectivity index (χ4v) is 4.10. The van der Waals surface area contributed by atoms with Gasteiger partial charge in [0.05, 0.1) is 13.2 Å². The van der Waals surface area contributed by atoms with Crippen LogP contribution in [0.1, 0.15) is 39.6 Å². The fourth-order valence-electron chi connectivity index (χ4n) is 3.94. The molecule has 2 aromatic carbocycles. The number of rotatable bonds is 6. The van der Waals surface area contributed by atoms with Gasteiger partial charge in [0.25, 0.3) is 5.91 Å². The number of halogens is 1. The first-order valence-electron chi connectivity index (χ1n) is 9.73. The molecule has 162 valence electrons. The van der Waals surface area contributed by atoms with E-state index >= 15 is 0 Å². The molecule has 0 saturated carbocycles. The Balaban J connectivity index is 1.92. The summed E-state index contributed by atoms with van der Waals surface area (Å²) in [6, 6.07) is 7.48. The predicted molar refractivity (Wildman–Crippen MR) is 115 cm³/mol. The van der Waals surface area contributed by atoms with Gasteiger partial charge < -0.3 is 25.0 Å². The van der Waals surface area contributed by atoms with E-state index in [9.17, 15) is 20.1 Å². The molecule has 0 bridgehead atoms. The van der Waals surface area contributed by atoms with Crippen LogP contribution in [0.4, 0.5) is 0 Å². The molecule has 31 heavy (non-hydrogen) atoms. The number of nitrogens with one attached hydrogen (secondary N) is 1. The number of aromatic amines is 1. The van der Waals surface area contributed by atoms with Gasteiger partial charge in [-0.3, -0.25) is 9.89 Å². The van der Waals surface area contributed by atoms with Gasteiger partial charge in [0, 0.05) is 29.3 Å². The van der Waals surface area contributed by atoms with Crippen molar-refractivity contribution in [1.29, 1.82) is 0 Å². The minimum atomic E-state index is -0.559. The molecule has 0 radical (unpaired) electrons. The van der Waals surface area contributed by atoms with Crippen molar-refractivity contribution in [1.82, 2.24) is 15.1 Å². The number of H-pyrrole nitrogens is 1. The van der Waals surface area contributed by atoms with E-state index in [1.165, 1.54) is 13.2 Å². The molecule has 8 nitrogen and oxygen atoms in total. The number of ether oxygens (including phenoxy) is 1. The van der Waals surface area contributed by atoms with E-state index in [0.717, 1.165) is 5.56 Å². The maximum absolute atomic E-state index is 13.2. The van der Waals surface area contributed by atoms with Crippen LogP contribution in [0.5, 0.6) is 17.2 Å². The Kier molecular flexibility index (Phi) is 5.51. The van der Waals surface area contributed by atoms with E-state index in [2.05, 4.69) is 10.2 Å². The highest BCUT2D eigenvalue weighted by Gasteiger charge is 2.42. The van der Waals surface area contributed by atoms with Crippen molar-refractivity contribution in [3.8, 4) is 28.5 Å². The van der Waals surface area contributed by atoms with Gasteiger partial charge in [-0.25, -0.2) is 0 Å². The van der Waals surface area contributed by atoms with Crippen LogP contribution in [0.2, 0.25) is 5.02 Å². The number of phenolic OH excluding ortho intramolecular Hbond substituents is 2. The van der Waals surface area contributed by atoms with Crippen molar-refractivity contribution in [3.05, 3.63) is 57.7 Å². The van der Waals surface area contributed by atoms with Crippen LogP contribution in [0.15, 0.2) is 30.3 Å². The molecule has 2 heterocycles. The summed E-state index contributed by atoms with van der Waals surface area (Å²) in [7, 11) is 1.45. The van der Waals surface area contributed by atoms with Gasteiger partial charge in [-0.2, -0.15) is 5.10 Å². The van der Waals surface area contributed by atoms with E-state index in [0.29, 0.717) is 46.1 Å². The molecule has 0 unspecified atom stereocenters. The van der Waals surface area contributed by atoms with Crippen molar-refractivity contribution >= 4 is 17.5 Å². The topological polar surface area (TPSA) is 119 Å². The van der Waals surface area contributed by atoms with Crippen LogP contribution >= 0.6 is 11.6 Å². The molecule has 4 rings (SSSR count). The van der Waals surface area contributed by atoms with Crippen molar-refractivity contribution < 1.29 is 24.9 Å². The third kappa shape index (κ3) is 3.47. The van der Waals surface area contributed by atoms with Crippen molar-refractivity contribution in [2.45, 2.75) is 19.4 Å². The minimum Gasteiger partial charge on any atom is -0.507 e. The average molecular weight is 444 g/mol. The molecule has 0 saturated heterocycles. The molecule has 1 atom stereocenters. The smallest absolute Gasteiger partial charge is 0.273 e. The van der Waals surface area contributed by atoms with E-state index in [4.69, 9.17) is 16.3 Å². The second-order valence-electron chi connectivity index (χ2n) is 7.39. The largest absolute Gasteiger partial charge is 0.507 e. The second kappa shape index (κ2) is 8.13. The summed E-state index contributed by atoms with van der Waals surface area (Å²) < 4.78 is 5.25. The van der Waals surface area contributed by atoms with Crippen molar-refractivity contribution in [2.24, 2.45) is 0 Å². The van der Waals surface area contributed by atoms with E-state index in [-0.39, 0.29) is 29.8 Å². The molecule has 4 N–H and O–H groups in total. The predicted octanol–water partition coefficient (Wildman–Crippen LogP) is 3.39. The molecule has 9 heteroatoms. The summed E-state index contributed by atoms with van der Waals surface area (Å²) >= 11 is 6.29. The van der Waals surface area contributed by atoms with Crippen LogP contribution in [0.25, 0.3) is 11.3 Å². The first-order chi connectivity index (χ1) is 14.9. The second-order valence-corrected chi connectivity index (χ2v) is 7.80. The zero-order chi connectivity index (χ0) is 22.3. The molecular formula is C22H22ClN3O5. The molecule has 1 aliphatic rings. The number of aromatic nitrogens is 2. The van der Waals surface area contributed by atoms with Gasteiger partial charge in [-0.05, 0) is 48.7 Å². The molecule has 1 aliphatic heterocycles. The Morgan fingerprint density at radius 3 is 2.71 bits per heavy atom. The summed E-state index contributed by atoms with van der Waals surface area (Å²) in [5, 5.41) is 37.5. The van der Waals surface area contributed by atoms with E-state index in [1.807, 2.05) is 0 Å². The SMILES string of the molecule is COc1cc([C@@H]2c3c(-c4cc(Cl)c(C)cc4O)n[nH]c3C(=O)N2CCCO)ccc1O. The van der Waals surface area contributed by atoms with Gasteiger partial charge in [-0.1, -0.05) is 17.7 Å². The average Bonchev–Trinajstić information content (AvgIpc) is 3.28. The Bertz CT molecular complexity index is 1160. The summed E-state index contributed by atoms with van der Waals surface area (Å²) in [5.74, 6) is -0.0173. The number of aromatic hydroxyl groups is 2. The first kappa shape index (κ1) is 21.0. The molecule has 0 fully saturated rings. The Morgan fingerprint density at radius 1 is 1.23 bits per heavy atom. The number of phenols is 2. The van der Waals surface area contributed by atoms with Crippen molar-refractivity contribution in [3.63, 3.8) is 0 Å². The number of methoxy groups -OCH3 is 1. The lowest BCUT2D eigenvalue weighted by molar-refractivity contribution is 0.0732. The lowest BCUT2D eigenvalue weighted by atomic mass is 9.95. The Hall–Kier alpha value is -3.23. The van der Waals surface area contributed by atoms with Gasteiger partial charge in [0.15, 0.2) is 11.5 Å². The highest BCUT2D eigenvalue weighted by Crippen LogP contribution is 2.46. The first-order valence-corrected chi connectivity index (χ1v) is 10.1. The number of hydrogen-bond donors (Lipinski definition) is 4. The molecule has 0 spiro atoms. The maximum atomic E-state index is 13.2. The summed E-state index contributed by atoms with van der Waals surface area (Å²) in [6.45, 7) is 2.03. The highest BCUT2D eigenvalue weighted by atomic mass is 35.5. The third-order valence-corrected chi connectivity index (χ3v) is 5.88. The van der Waals surface area contributed by atoms with Gasteiger partial charge >= 0.3 is 0 Å². The number of fused-ring (bicyclic) bond motifs is 1. The number of aliphatic hydroxyl groups is 1. The number of aliphatic hydroxyl groups excluding tert-OH is 1. The zero-order valence-electron chi connectivity index (χ0n) is 17.0. The monoisotopic (exact) mass is 443 g/mol. The van der Waals surface area contributed by atoms with Crippen LogP contribution in [0, 0.1) is 6.92 Å². The minimum absolute atomic E-state index is 0.000469. The maximum Gasteiger partial charge on any atom is 0.273 e. The van der Waals surface area contributed by atoms with Crippen LogP contribution in [-0.2, 0) is 0 Å². The molecule has 0 aliphatic carbocycles. The van der Waals surface area contributed by atoms with Crippen molar-refractivity contribution in [2.75, 3.05) is 20.3 Å². The summed E-state index contributed by atoms with van der Waals surface area (Å²) in [5.41, 5.74) is 3.12. The Morgan fingerprint density at radius 2 is 2.00 bits per heavy atom. The Labute approximate surface area is 183 Å². The number of benzene rings is 2. The van der Waals surface area contributed by atoms with Crippen LogP contribution in [-0.4, -0.2) is 56.6 Å². The van der Waals surface area contributed by atoms with Gasteiger partial charge in [-0.15, -0.1) is 0 Å². The molecule has 1 aromatic heterocycles. The van der Waals surface area contributed by atoms with Crippen LogP contribution in [0.3, 0.4) is 0 Å². The number of nitrogens with zero attached hydrogens (tertiary/aromatic N) is 2. The summed E-state index contributed by atoms with van der Waals surface area (Å²) in [4.78, 5) is 14.8. The van der Waals surface area contributed by atoms with E-state index < -0.39 is 6.04 Å². The molecular weight excluding hydrogens is 422 g/mol. The number of aryl methyl sites for hydroxylation is 1. The lowest BCUT2D eigenvalue weighted by Crippen LogP contribution is -2.31. The lowest BCUT2D eigenvalue weighted by Gasteiger charge is -2.26. The van der Waals surface area contributed by atoms with E-state index in [1.54, 1.807) is 36.1 Å². The third-order valence-electron chi connectivity index (χ3n) is 5.47. The molecule has 3 aromatic rings. The number of carbonyl (C=O) groups is 1. The summed E-state index contributed by atoms with van der Waals surface area (Å²) in [6.07, 6.45) is 0.395. The highest BCUT2D eigenvalue weighted by molar-refractivity contribution is 6.31. The van der Waals surface area contributed by atoms with Gasteiger partial charge in [0.1, 0.15) is 17.1 Å². The normalized spacial score (nSPS) is 15.4. The zero-order valence-corrected chi connectivity index (χ0v) is 17.8. The standard InChI is InChI=1S/C22H22ClN3O5/c1-11-8-16(29)13(10-14(11)23)19-18-20(25-24-19)22(30)26(6-3-7-27)21(18)12-4-5-15(28)17(9-12)31-2/h4-5,8-10,21,27-29H,3,6-7H2,1-2H3,(H,24,25)/t21-/m1/s1. The molecule has 1 amide bonds.